The van der Waals surface area contributed by atoms with Gasteiger partial charge in [-0.05, 0) is 49.2 Å². The minimum atomic E-state index is 0.370. The van der Waals surface area contributed by atoms with E-state index in [-0.39, 0.29) is 0 Å². The van der Waals surface area contributed by atoms with Crippen molar-refractivity contribution in [2.45, 2.75) is 19.4 Å². The second-order valence-corrected chi connectivity index (χ2v) is 5.25. The molecule has 0 saturated carbocycles. The monoisotopic (exact) mass is 304 g/mol. The van der Waals surface area contributed by atoms with Crippen LogP contribution in [0.3, 0.4) is 0 Å². The molecular formula is C15H17BrN2. The Kier molecular flexibility index (Phi) is 4.90. The lowest BCUT2D eigenvalue weighted by Gasteiger charge is -2.14. The maximum absolute atomic E-state index is 4.12. The van der Waals surface area contributed by atoms with E-state index in [1.54, 1.807) is 6.20 Å². The number of rotatable bonds is 5. The van der Waals surface area contributed by atoms with Gasteiger partial charge in [-0.25, -0.2) is 0 Å². The van der Waals surface area contributed by atoms with Crippen LogP contribution in [-0.4, -0.2) is 11.5 Å². The van der Waals surface area contributed by atoms with E-state index in [2.05, 4.69) is 63.5 Å². The van der Waals surface area contributed by atoms with Crippen LogP contribution in [0.15, 0.2) is 53.3 Å². The van der Waals surface area contributed by atoms with Crippen LogP contribution in [0.2, 0.25) is 0 Å². The molecule has 0 bridgehead atoms. The molecule has 1 N–H and O–H groups in total. The highest BCUT2D eigenvalue weighted by molar-refractivity contribution is 9.10. The van der Waals surface area contributed by atoms with E-state index < -0.39 is 0 Å². The molecule has 0 radical (unpaired) electrons. The molecule has 1 aromatic carbocycles. The molecule has 1 aromatic heterocycles. The van der Waals surface area contributed by atoms with E-state index in [0.717, 1.165) is 17.4 Å². The standard InChI is InChI=1S/C15H17BrN2/c1-12(14-4-6-15(16)7-5-14)18-10-8-13-3-2-9-17-11-13/h2-7,9,11-12,18H,8,10H2,1H3/t12-/m1/s1. The Morgan fingerprint density at radius 3 is 2.67 bits per heavy atom. The summed E-state index contributed by atoms with van der Waals surface area (Å²) in [5, 5.41) is 3.52. The van der Waals surface area contributed by atoms with Crippen LogP contribution in [0.25, 0.3) is 0 Å². The molecule has 0 aliphatic carbocycles. The average molecular weight is 305 g/mol. The Labute approximate surface area is 117 Å². The summed E-state index contributed by atoms with van der Waals surface area (Å²) in [5.41, 5.74) is 2.58. The third-order valence-corrected chi connectivity index (χ3v) is 3.49. The zero-order valence-electron chi connectivity index (χ0n) is 10.4. The Bertz CT molecular complexity index is 468. The average Bonchev–Trinajstić information content (AvgIpc) is 2.40. The number of nitrogens with one attached hydrogen (secondary N) is 1. The molecule has 1 heterocycles. The fraction of sp³-hybridized carbons (Fsp3) is 0.267. The van der Waals surface area contributed by atoms with Crippen molar-refractivity contribution in [1.82, 2.24) is 10.3 Å². The van der Waals surface area contributed by atoms with Gasteiger partial charge >= 0.3 is 0 Å². The molecule has 2 rings (SSSR count). The first-order valence-electron chi connectivity index (χ1n) is 6.13. The summed E-state index contributed by atoms with van der Waals surface area (Å²) < 4.78 is 1.12. The first-order chi connectivity index (χ1) is 8.75. The summed E-state index contributed by atoms with van der Waals surface area (Å²) in [7, 11) is 0. The molecule has 0 saturated heterocycles. The molecule has 0 unspecified atom stereocenters. The summed E-state index contributed by atoms with van der Waals surface area (Å²) in [6.07, 6.45) is 4.74. The molecule has 2 nitrogen and oxygen atoms in total. The van der Waals surface area contributed by atoms with Crippen LogP contribution in [0, 0.1) is 0 Å². The van der Waals surface area contributed by atoms with Crippen molar-refractivity contribution < 1.29 is 0 Å². The summed E-state index contributed by atoms with van der Waals surface area (Å²) >= 11 is 3.45. The normalized spacial score (nSPS) is 12.3. The molecule has 2 aromatic rings. The summed E-state index contributed by atoms with van der Waals surface area (Å²) in [6.45, 7) is 3.15. The number of halogens is 1. The van der Waals surface area contributed by atoms with Gasteiger partial charge < -0.3 is 5.32 Å². The van der Waals surface area contributed by atoms with Gasteiger partial charge in [0.05, 0.1) is 0 Å². The predicted octanol–water partition coefficient (Wildman–Crippen LogP) is 3.74. The lowest BCUT2D eigenvalue weighted by Crippen LogP contribution is -2.21. The quantitative estimate of drug-likeness (QED) is 0.910. The fourth-order valence-electron chi connectivity index (χ4n) is 1.85. The third kappa shape index (κ3) is 3.93. The summed E-state index contributed by atoms with van der Waals surface area (Å²) in [6, 6.07) is 12.9. The second kappa shape index (κ2) is 6.66. The minimum Gasteiger partial charge on any atom is -0.310 e. The van der Waals surface area contributed by atoms with E-state index in [1.165, 1.54) is 11.1 Å². The maximum Gasteiger partial charge on any atom is 0.0300 e. The van der Waals surface area contributed by atoms with E-state index in [1.807, 2.05) is 12.3 Å². The van der Waals surface area contributed by atoms with E-state index in [0.29, 0.717) is 6.04 Å². The van der Waals surface area contributed by atoms with Crippen molar-refractivity contribution in [2.24, 2.45) is 0 Å². The zero-order valence-corrected chi connectivity index (χ0v) is 12.0. The lowest BCUT2D eigenvalue weighted by molar-refractivity contribution is 0.576. The first-order valence-corrected chi connectivity index (χ1v) is 6.93. The largest absolute Gasteiger partial charge is 0.310 e. The van der Waals surface area contributed by atoms with Crippen LogP contribution in [0.1, 0.15) is 24.1 Å². The maximum atomic E-state index is 4.12. The Morgan fingerprint density at radius 2 is 2.00 bits per heavy atom. The van der Waals surface area contributed by atoms with Crippen molar-refractivity contribution in [1.29, 1.82) is 0 Å². The molecular weight excluding hydrogens is 288 g/mol. The number of benzene rings is 1. The Hall–Kier alpha value is -1.19. The third-order valence-electron chi connectivity index (χ3n) is 2.96. The highest BCUT2D eigenvalue weighted by Gasteiger charge is 2.03. The van der Waals surface area contributed by atoms with Gasteiger partial charge in [0.1, 0.15) is 0 Å². The van der Waals surface area contributed by atoms with Gasteiger partial charge in [-0.2, -0.15) is 0 Å². The van der Waals surface area contributed by atoms with E-state index in [9.17, 15) is 0 Å². The van der Waals surface area contributed by atoms with Gasteiger partial charge in [0.15, 0.2) is 0 Å². The van der Waals surface area contributed by atoms with Gasteiger partial charge in [-0.15, -0.1) is 0 Å². The van der Waals surface area contributed by atoms with Crippen molar-refractivity contribution in [3.8, 4) is 0 Å². The lowest BCUT2D eigenvalue weighted by atomic mass is 10.1. The van der Waals surface area contributed by atoms with Crippen LogP contribution in [0.5, 0.6) is 0 Å². The van der Waals surface area contributed by atoms with Gasteiger partial charge in [-0.1, -0.05) is 34.1 Å². The molecule has 0 spiro atoms. The zero-order chi connectivity index (χ0) is 12.8. The molecule has 18 heavy (non-hydrogen) atoms. The number of hydrogen-bond acceptors (Lipinski definition) is 2. The summed E-state index contributed by atoms with van der Waals surface area (Å²) in [5.74, 6) is 0. The van der Waals surface area contributed by atoms with Gasteiger partial charge in [0, 0.05) is 22.9 Å². The molecule has 0 amide bonds. The van der Waals surface area contributed by atoms with Gasteiger partial charge in [0.25, 0.3) is 0 Å². The van der Waals surface area contributed by atoms with Crippen LogP contribution in [0.4, 0.5) is 0 Å². The second-order valence-electron chi connectivity index (χ2n) is 4.34. The van der Waals surface area contributed by atoms with Crippen LogP contribution in [-0.2, 0) is 6.42 Å². The number of nitrogens with zero attached hydrogens (tertiary/aromatic N) is 1. The number of pyridine rings is 1. The van der Waals surface area contributed by atoms with E-state index >= 15 is 0 Å². The topological polar surface area (TPSA) is 24.9 Å². The Morgan fingerprint density at radius 1 is 1.22 bits per heavy atom. The molecule has 94 valence electrons. The Balaban J connectivity index is 1.81. The van der Waals surface area contributed by atoms with Gasteiger partial charge in [-0.3, -0.25) is 4.98 Å². The number of hydrogen-bond donors (Lipinski definition) is 1. The van der Waals surface area contributed by atoms with E-state index in [4.69, 9.17) is 0 Å². The predicted molar refractivity (Wildman–Crippen MR) is 78.5 cm³/mol. The highest BCUT2D eigenvalue weighted by atomic mass is 79.9. The molecule has 0 aliphatic heterocycles. The molecule has 3 heteroatoms. The first kappa shape index (κ1) is 13.2. The van der Waals surface area contributed by atoms with Gasteiger partial charge in [0.2, 0.25) is 0 Å². The van der Waals surface area contributed by atoms with Crippen LogP contribution >= 0.6 is 15.9 Å². The minimum absolute atomic E-state index is 0.370. The van der Waals surface area contributed by atoms with Crippen molar-refractivity contribution >= 4 is 15.9 Å². The van der Waals surface area contributed by atoms with Crippen molar-refractivity contribution in [2.75, 3.05) is 6.54 Å². The van der Waals surface area contributed by atoms with Crippen molar-refractivity contribution in [3.05, 3.63) is 64.4 Å². The summed E-state index contributed by atoms with van der Waals surface area (Å²) in [4.78, 5) is 4.12. The SMILES string of the molecule is C[C@@H](NCCc1cccnc1)c1ccc(Br)cc1. The molecule has 1 atom stereocenters. The number of aromatic nitrogens is 1. The van der Waals surface area contributed by atoms with Crippen molar-refractivity contribution in [3.63, 3.8) is 0 Å². The fourth-order valence-corrected chi connectivity index (χ4v) is 2.11. The molecule has 0 aliphatic rings. The smallest absolute Gasteiger partial charge is 0.0300 e. The molecule has 0 fully saturated rings. The highest BCUT2D eigenvalue weighted by Crippen LogP contribution is 2.16. The van der Waals surface area contributed by atoms with Crippen LogP contribution < -0.4 is 5.32 Å².